The summed E-state index contributed by atoms with van der Waals surface area (Å²) in [5.41, 5.74) is 5.46. The maximum absolute atomic E-state index is 11.0. The Hall–Kier alpha value is -1.17. The van der Waals surface area contributed by atoms with Crippen molar-refractivity contribution >= 4 is 23.5 Å². The molecule has 0 aliphatic rings. The highest BCUT2D eigenvalue weighted by Gasteiger charge is 2.01. The van der Waals surface area contributed by atoms with Crippen molar-refractivity contribution in [2.75, 3.05) is 23.8 Å². The van der Waals surface area contributed by atoms with Crippen LogP contribution in [0.4, 0.5) is 5.82 Å². The lowest BCUT2D eigenvalue weighted by molar-refractivity contribution is -0.139. The molecular weight excluding hydrogens is 214 g/mol. The van der Waals surface area contributed by atoms with E-state index in [1.807, 2.05) is 6.20 Å². The van der Waals surface area contributed by atoms with Crippen LogP contribution in [0.1, 0.15) is 6.92 Å². The fourth-order valence-corrected chi connectivity index (χ4v) is 1.73. The van der Waals surface area contributed by atoms with Gasteiger partial charge in [0.25, 0.3) is 0 Å². The van der Waals surface area contributed by atoms with Crippen LogP contribution in [0.15, 0.2) is 12.3 Å². The maximum atomic E-state index is 11.0. The second-order valence-electron chi connectivity index (χ2n) is 2.86. The predicted octanol–water partition coefficient (Wildman–Crippen LogP) is 0.762. The van der Waals surface area contributed by atoms with E-state index >= 15 is 0 Å². The van der Waals surface area contributed by atoms with Crippen molar-refractivity contribution in [3.05, 3.63) is 12.3 Å². The second kappa shape index (κ2) is 6.34. The lowest BCUT2D eigenvalue weighted by Crippen LogP contribution is -2.09. The lowest BCUT2D eigenvalue weighted by atomic mass is 10.7. The van der Waals surface area contributed by atoms with Gasteiger partial charge < -0.3 is 10.5 Å². The van der Waals surface area contributed by atoms with E-state index in [1.165, 1.54) is 11.8 Å². The highest BCUT2D eigenvalue weighted by molar-refractivity contribution is 7.99. The number of thioether (sulfide) groups is 1. The number of nitrogens with zero attached hydrogens (tertiary/aromatic N) is 2. The van der Waals surface area contributed by atoms with Gasteiger partial charge in [-0.05, 0) is 13.0 Å². The number of carbonyl (C=O) groups is 1. The van der Waals surface area contributed by atoms with Gasteiger partial charge >= 0.3 is 5.97 Å². The topological polar surface area (TPSA) is 70.1 Å². The minimum Gasteiger partial charge on any atom is -0.465 e. The third-order valence-corrected chi connectivity index (χ3v) is 2.56. The molecule has 0 aromatic carbocycles. The van der Waals surface area contributed by atoms with Crippen LogP contribution < -0.4 is 5.73 Å². The predicted molar refractivity (Wildman–Crippen MR) is 60.6 cm³/mol. The highest BCUT2D eigenvalue weighted by atomic mass is 32.2. The molecule has 0 aliphatic heterocycles. The number of aromatic nitrogens is 2. The van der Waals surface area contributed by atoms with Gasteiger partial charge in [0, 0.05) is 11.9 Å². The Morgan fingerprint density at radius 3 is 3.13 bits per heavy atom. The molecular formula is C9H15N3O2S. The molecule has 6 heteroatoms. The van der Waals surface area contributed by atoms with E-state index < -0.39 is 0 Å². The Morgan fingerprint density at radius 1 is 1.73 bits per heavy atom. The van der Waals surface area contributed by atoms with Gasteiger partial charge in [-0.1, -0.05) is 0 Å². The normalized spacial score (nSPS) is 10.2. The van der Waals surface area contributed by atoms with Crippen LogP contribution in [-0.2, 0) is 16.1 Å². The molecule has 0 bridgehead atoms. The summed E-state index contributed by atoms with van der Waals surface area (Å²) >= 11 is 1.53. The zero-order valence-corrected chi connectivity index (χ0v) is 9.50. The third-order valence-electron chi connectivity index (χ3n) is 1.65. The molecule has 0 saturated carbocycles. The molecule has 1 heterocycles. The molecule has 0 radical (unpaired) electrons. The molecule has 0 aliphatic carbocycles. The number of nitrogen functional groups attached to an aromatic ring is 1. The first kappa shape index (κ1) is 11.9. The summed E-state index contributed by atoms with van der Waals surface area (Å²) in [7, 11) is 0. The Labute approximate surface area is 93.0 Å². The quantitative estimate of drug-likeness (QED) is 0.576. The van der Waals surface area contributed by atoms with Crippen LogP contribution in [0.25, 0.3) is 0 Å². The van der Waals surface area contributed by atoms with Gasteiger partial charge in [0.05, 0.1) is 18.9 Å². The minimum atomic E-state index is -0.164. The number of ether oxygens (including phenoxy) is 1. The van der Waals surface area contributed by atoms with Crippen molar-refractivity contribution in [3.8, 4) is 0 Å². The van der Waals surface area contributed by atoms with E-state index in [-0.39, 0.29) is 5.97 Å². The number of aryl methyl sites for hydroxylation is 1. The Bertz CT molecular complexity index is 314. The summed E-state index contributed by atoms with van der Waals surface area (Å²) in [6.45, 7) is 2.99. The first-order valence-electron chi connectivity index (χ1n) is 4.74. The second-order valence-corrected chi connectivity index (χ2v) is 3.97. The van der Waals surface area contributed by atoms with Crippen molar-refractivity contribution in [1.29, 1.82) is 0 Å². The molecule has 1 aromatic heterocycles. The van der Waals surface area contributed by atoms with Gasteiger partial charge in [0.15, 0.2) is 0 Å². The van der Waals surface area contributed by atoms with Gasteiger partial charge in [-0.3, -0.25) is 9.48 Å². The number of hydrogen-bond acceptors (Lipinski definition) is 5. The van der Waals surface area contributed by atoms with Gasteiger partial charge in [-0.25, -0.2) is 0 Å². The van der Waals surface area contributed by atoms with Crippen LogP contribution in [0.2, 0.25) is 0 Å². The fourth-order valence-electron chi connectivity index (χ4n) is 1.02. The average Bonchev–Trinajstić information content (AvgIpc) is 2.60. The van der Waals surface area contributed by atoms with Crippen molar-refractivity contribution in [3.63, 3.8) is 0 Å². The minimum absolute atomic E-state index is 0.164. The van der Waals surface area contributed by atoms with Crippen molar-refractivity contribution in [1.82, 2.24) is 9.78 Å². The Kier molecular flexibility index (Phi) is 5.03. The summed E-state index contributed by atoms with van der Waals surface area (Å²) < 4.78 is 6.55. The van der Waals surface area contributed by atoms with Gasteiger partial charge in [0.2, 0.25) is 0 Å². The molecule has 0 unspecified atom stereocenters. The van der Waals surface area contributed by atoms with Crippen LogP contribution in [0.5, 0.6) is 0 Å². The van der Waals surface area contributed by atoms with E-state index in [0.29, 0.717) is 18.2 Å². The van der Waals surface area contributed by atoms with Crippen molar-refractivity contribution in [2.45, 2.75) is 13.5 Å². The summed E-state index contributed by atoms with van der Waals surface area (Å²) in [5, 5.41) is 4.03. The monoisotopic (exact) mass is 229 g/mol. The molecule has 5 nitrogen and oxygen atoms in total. The van der Waals surface area contributed by atoms with E-state index in [2.05, 4.69) is 5.10 Å². The van der Waals surface area contributed by atoms with E-state index in [0.717, 1.165) is 12.3 Å². The third kappa shape index (κ3) is 4.73. The van der Waals surface area contributed by atoms with E-state index in [4.69, 9.17) is 10.5 Å². The highest BCUT2D eigenvalue weighted by Crippen LogP contribution is 2.03. The molecule has 84 valence electrons. The molecule has 0 saturated heterocycles. The molecule has 0 fully saturated rings. The first-order valence-corrected chi connectivity index (χ1v) is 5.90. The zero-order valence-electron chi connectivity index (χ0n) is 8.68. The fraction of sp³-hybridized carbons (Fsp3) is 0.556. The number of hydrogen-bond donors (Lipinski definition) is 1. The van der Waals surface area contributed by atoms with Gasteiger partial charge in [-0.15, -0.1) is 11.8 Å². The lowest BCUT2D eigenvalue weighted by Gasteiger charge is -2.02. The molecule has 15 heavy (non-hydrogen) atoms. The van der Waals surface area contributed by atoms with E-state index in [1.54, 1.807) is 17.7 Å². The summed E-state index contributed by atoms with van der Waals surface area (Å²) in [5.74, 6) is 1.57. The Balaban J connectivity index is 2.09. The van der Waals surface area contributed by atoms with Crippen LogP contribution in [-0.4, -0.2) is 33.9 Å². The standard InChI is InChI=1S/C9H15N3O2S/c1-2-14-9(13)7-15-6-5-12-4-3-8(10)11-12/h3-4H,2,5-7H2,1H3,(H2,10,11). The number of esters is 1. The van der Waals surface area contributed by atoms with Crippen molar-refractivity contribution in [2.24, 2.45) is 0 Å². The largest absolute Gasteiger partial charge is 0.465 e. The zero-order chi connectivity index (χ0) is 11.1. The molecule has 0 atom stereocenters. The van der Waals surface area contributed by atoms with Gasteiger partial charge in [-0.2, -0.15) is 5.10 Å². The Morgan fingerprint density at radius 2 is 2.53 bits per heavy atom. The summed E-state index contributed by atoms with van der Waals surface area (Å²) in [6, 6.07) is 1.75. The molecule has 1 rings (SSSR count). The van der Waals surface area contributed by atoms with E-state index in [9.17, 15) is 4.79 Å². The van der Waals surface area contributed by atoms with Crippen LogP contribution in [0, 0.1) is 0 Å². The van der Waals surface area contributed by atoms with Crippen molar-refractivity contribution < 1.29 is 9.53 Å². The number of nitrogens with two attached hydrogens (primary N) is 1. The van der Waals surface area contributed by atoms with Crippen LogP contribution in [0.3, 0.4) is 0 Å². The SMILES string of the molecule is CCOC(=O)CSCCn1ccc(N)n1. The maximum Gasteiger partial charge on any atom is 0.315 e. The molecule has 0 spiro atoms. The molecule has 0 amide bonds. The average molecular weight is 229 g/mol. The van der Waals surface area contributed by atoms with Gasteiger partial charge in [0.1, 0.15) is 5.82 Å². The number of carbonyl (C=O) groups excluding carboxylic acids is 1. The first-order chi connectivity index (χ1) is 7.22. The number of rotatable bonds is 6. The van der Waals surface area contributed by atoms with Crippen LogP contribution >= 0.6 is 11.8 Å². The molecule has 1 aromatic rings. The summed E-state index contributed by atoms with van der Waals surface area (Å²) in [6.07, 6.45) is 1.82. The summed E-state index contributed by atoms with van der Waals surface area (Å²) in [4.78, 5) is 11.0. The molecule has 2 N–H and O–H groups in total. The number of anilines is 1. The smallest absolute Gasteiger partial charge is 0.315 e.